The third-order valence-corrected chi connectivity index (χ3v) is 3.16. The molecule has 2 rings (SSSR count). The molecule has 2 unspecified atom stereocenters. The van der Waals surface area contributed by atoms with Crippen LogP contribution in [0, 0.1) is 5.92 Å². The van der Waals surface area contributed by atoms with E-state index in [0.717, 1.165) is 25.1 Å². The Kier molecular flexibility index (Phi) is 4.14. The molecule has 2 N–H and O–H groups in total. The minimum Gasteiger partial charge on any atom is -0.378 e. The van der Waals surface area contributed by atoms with Crippen LogP contribution in [0.3, 0.4) is 0 Å². The van der Waals surface area contributed by atoms with Gasteiger partial charge in [0.2, 0.25) is 5.91 Å². The number of rotatable bonds is 5. The minimum atomic E-state index is 0.0265. The first-order valence-electron chi connectivity index (χ1n) is 6.15. The summed E-state index contributed by atoms with van der Waals surface area (Å²) in [6, 6.07) is 0. The van der Waals surface area contributed by atoms with Crippen LogP contribution in [0.1, 0.15) is 25.6 Å². The molecule has 2 atom stereocenters. The fourth-order valence-corrected chi connectivity index (χ4v) is 2.11. The molecular formula is C12H19N3O2. The first-order valence-corrected chi connectivity index (χ1v) is 6.15. The first-order chi connectivity index (χ1) is 8.27. The lowest BCUT2D eigenvalue weighted by Crippen LogP contribution is -2.34. The Balaban J connectivity index is 1.63. The number of carbonyl (C=O) groups is 1. The molecule has 1 saturated heterocycles. The van der Waals surface area contributed by atoms with Gasteiger partial charge in [0, 0.05) is 32.0 Å². The van der Waals surface area contributed by atoms with E-state index >= 15 is 0 Å². The van der Waals surface area contributed by atoms with Crippen LogP contribution in [-0.4, -0.2) is 35.1 Å². The second-order valence-electron chi connectivity index (χ2n) is 4.40. The van der Waals surface area contributed by atoms with Gasteiger partial charge in [0.1, 0.15) is 5.82 Å². The van der Waals surface area contributed by atoms with Gasteiger partial charge in [0.05, 0.1) is 12.0 Å². The number of nitrogens with one attached hydrogen (secondary N) is 2. The summed E-state index contributed by atoms with van der Waals surface area (Å²) < 4.78 is 5.38. The molecule has 0 aromatic carbocycles. The van der Waals surface area contributed by atoms with Gasteiger partial charge in [-0.05, 0) is 19.8 Å². The van der Waals surface area contributed by atoms with Crippen LogP contribution in [0.5, 0.6) is 0 Å². The average molecular weight is 237 g/mol. The minimum absolute atomic E-state index is 0.0265. The summed E-state index contributed by atoms with van der Waals surface area (Å²) in [7, 11) is 0. The summed E-state index contributed by atoms with van der Waals surface area (Å²) in [5.74, 6) is 1.12. The maximum absolute atomic E-state index is 11.8. The number of ether oxygens (including phenoxy) is 1. The molecule has 0 saturated carbocycles. The summed E-state index contributed by atoms with van der Waals surface area (Å²) >= 11 is 0. The Labute approximate surface area is 101 Å². The van der Waals surface area contributed by atoms with E-state index in [1.807, 2.05) is 13.1 Å². The van der Waals surface area contributed by atoms with Crippen LogP contribution in [0.25, 0.3) is 0 Å². The average Bonchev–Trinajstić information content (AvgIpc) is 2.95. The molecule has 1 aromatic heterocycles. The third kappa shape index (κ3) is 3.30. The van der Waals surface area contributed by atoms with E-state index in [0.29, 0.717) is 13.2 Å². The number of hydrogen-bond acceptors (Lipinski definition) is 3. The number of amides is 1. The standard InChI is InChI=1S/C12H19N3O2/c1-9-10(4-8-17-9)12(16)15-5-2-3-11-13-6-7-14-11/h6-7,9-10H,2-5,8H2,1H3,(H,13,14)(H,15,16). The van der Waals surface area contributed by atoms with Gasteiger partial charge in [0.15, 0.2) is 0 Å². The first kappa shape index (κ1) is 12.1. The largest absolute Gasteiger partial charge is 0.378 e. The van der Waals surface area contributed by atoms with E-state index in [-0.39, 0.29) is 17.9 Å². The molecule has 1 fully saturated rings. The lowest BCUT2D eigenvalue weighted by Gasteiger charge is -2.13. The normalized spacial score (nSPS) is 23.8. The van der Waals surface area contributed by atoms with Gasteiger partial charge < -0.3 is 15.0 Å². The van der Waals surface area contributed by atoms with Crippen molar-refractivity contribution >= 4 is 5.91 Å². The zero-order valence-electron chi connectivity index (χ0n) is 10.1. The summed E-state index contributed by atoms with van der Waals surface area (Å²) in [4.78, 5) is 19.0. The lowest BCUT2D eigenvalue weighted by atomic mass is 10.0. The van der Waals surface area contributed by atoms with Gasteiger partial charge in [-0.3, -0.25) is 4.79 Å². The number of hydrogen-bond donors (Lipinski definition) is 2. The SMILES string of the molecule is CC1OCCC1C(=O)NCCCc1ncc[nH]1. The van der Waals surface area contributed by atoms with Crippen molar-refractivity contribution in [2.75, 3.05) is 13.2 Å². The Hall–Kier alpha value is -1.36. The Morgan fingerprint density at radius 1 is 1.71 bits per heavy atom. The smallest absolute Gasteiger partial charge is 0.225 e. The van der Waals surface area contributed by atoms with Crippen molar-refractivity contribution in [2.24, 2.45) is 5.92 Å². The van der Waals surface area contributed by atoms with Crippen molar-refractivity contribution in [2.45, 2.75) is 32.3 Å². The van der Waals surface area contributed by atoms with Crippen molar-refractivity contribution in [3.63, 3.8) is 0 Å². The van der Waals surface area contributed by atoms with Gasteiger partial charge in [0.25, 0.3) is 0 Å². The van der Waals surface area contributed by atoms with Crippen LogP contribution >= 0.6 is 0 Å². The van der Waals surface area contributed by atoms with Gasteiger partial charge in [-0.2, -0.15) is 0 Å². The van der Waals surface area contributed by atoms with Crippen LogP contribution in [0.15, 0.2) is 12.4 Å². The van der Waals surface area contributed by atoms with E-state index in [1.165, 1.54) is 0 Å². The number of aromatic nitrogens is 2. The molecule has 0 bridgehead atoms. The second kappa shape index (κ2) is 5.82. The van der Waals surface area contributed by atoms with Gasteiger partial charge in [-0.25, -0.2) is 4.98 Å². The number of aryl methyl sites for hydroxylation is 1. The highest BCUT2D eigenvalue weighted by Crippen LogP contribution is 2.20. The van der Waals surface area contributed by atoms with Crippen LogP contribution in [-0.2, 0) is 16.0 Å². The molecule has 1 aliphatic heterocycles. The number of carbonyl (C=O) groups excluding carboxylic acids is 1. The lowest BCUT2D eigenvalue weighted by molar-refractivity contribution is -0.126. The van der Waals surface area contributed by atoms with Gasteiger partial charge >= 0.3 is 0 Å². The Bertz CT molecular complexity index is 351. The summed E-state index contributed by atoms with van der Waals surface area (Å²) in [6.07, 6.45) is 6.22. The van der Waals surface area contributed by atoms with Crippen molar-refractivity contribution in [3.8, 4) is 0 Å². The molecule has 1 amide bonds. The van der Waals surface area contributed by atoms with E-state index in [9.17, 15) is 4.79 Å². The molecule has 2 heterocycles. The molecule has 17 heavy (non-hydrogen) atoms. The Morgan fingerprint density at radius 3 is 3.24 bits per heavy atom. The fraction of sp³-hybridized carbons (Fsp3) is 0.667. The zero-order valence-corrected chi connectivity index (χ0v) is 10.1. The van der Waals surface area contributed by atoms with Crippen LogP contribution in [0.4, 0.5) is 0 Å². The molecule has 94 valence electrons. The maximum Gasteiger partial charge on any atom is 0.225 e. The molecule has 0 spiro atoms. The van der Waals surface area contributed by atoms with Crippen LogP contribution < -0.4 is 5.32 Å². The molecular weight excluding hydrogens is 218 g/mol. The zero-order chi connectivity index (χ0) is 12.1. The molecule has 0 radical (unpaired) electrons. The van der Waals surface area contributed by atoms with E-state index in [1.54, 1.807) is 6.20 Å². The molecule has 1 aromatic rings. The van der Waals surface area contributed by atoms with Crippen molar-refractivity contribution in [3.05, 3.63) is 18.2 Å². The van der Waals surface area contributed by atoms with Gasteiger partial charge in [-0.15, -0.1) is 0 Å². The predicted molar refractivity (Wildman–Crippen MR) is 63.4 cm³/mol. The van der Waals surface area contributed by atoms with E-state index in [2.05, 4.69) is 15.3 Å². The summed E-state index contributed by atoms with van der Waals surface area (Å²) in [5.41, 5.74) is 0. The molecule has 5 heteroatoms. The number of H-pyrrole nitrogens is 1. The summed E-state index contributed by atoms with van der Waals surface area (Å²) in [6.45, 7) is 3.36. The van der Waals surface area contributed by atoms with Crippen molar-refractivity contribution < 1.29 is 9.53 Å². The van der Waals surface area contributed by atoms with Crippen LogP contribution in [0.2, 0.25) is 0 Å². The van der Waals surface area contributed by atoms with Gasteiger partial charge in [-0.1, -0.05) is 0 Å². The molecule has 0 aliphatic carbocycles. The summed E-state index contributed by atoms with van der Waals surface area (Å²) in [5, 5.41) is 2.96. The quantitative estimate of drug-likeness (QED) is 0.747. The molecule has 5 nitrogen and oxygen atoms in total. The topological polar surface area (TPSA) is 67.0 Å². The van der Waals surface area contributed by atoms with E-state index in [4.69, 9.17) is 4.74 Å². The molecule has 1 aliphatic rings. The highest BCUT2D eigenvalue weighted by Gasteiger charge is 2.30. The monoisotopic (exact) mass is 237 g/mol. The van der Waals surface area contributed by atoms with Crippen molar-refractivity contribution in [1.29, 1.82) is 0 Å². The number of nitrogens with zero attached hydrogens (tertiary/aromatic N) is 1. The highest BCUT2D eigenvalue weighted by atomic mass is 16.5. The number of aromatic amines is 1. The maximum atomic E-state index is 11.8. The fourth-order valence-electron chi connectivity index (χ4n) is 2.11. The predicted octanol–water partition coefficient (Wildman–Crippen LogP) is 0.883. The second-order valence-corrected chi connectivity index (χ2v) is 4.40. The van der Waals surface area contributed by atoms with E-state index < -0.39 is 0 Å². The Morgan fingerprint density at radius 2 is 2.59 bits per heavy atom. The number of imidazole rings is 1. The van der Waals surface area contributed by atoms with Crippen molar-refractivity contribution in [1.82, 2.24) is 15.3 Å². The third-order valence-electron chi connectivity index (χ3n) is 3.16. The highest BCUT2D eigenvalue weighted by molar-refractivity contribution is 5.79.